The number of benzene rings is 1. The van der Waals surface area contributed by atoms with Crippen LogP contribution < -0.4 is 11.2 Å². The molecular formula is C21H12F3N5O2S. The van der Waals surface area contributed by atoms with Crippen LogP contribution in [0.3, 0.4) is 0 Å². The summed E-state index contributed by atoms with van der Waals surface area (Å²) in [6.07, 6.45) is -1.73. The second-order valence-corrected chi connectivity index (χ2v) is 7.48. The highest BCUT2D eigenvalue weighted by Crippen LogP contribution is 2.30. The largest absolute Gasteiger partial charge is 0.431 e. The number of pyridine rings is 1. The van der Waals surface area contributed by atoms with Gasteiger partial charge >= 0.3 is 11.9 Å². The number of aromatic nitrogens is 4. The average molecular weight is 455 g/mol. The van der Waals surface area contributed by atoms with E-state index in [0.29, 0.717) is 36.7 Å². The molecule has 0 N–H and O–H groups in total. The Bertz CT molecular complexity index is 1530. The van der Waals surface area contributed by atoms with Crippen molar-refractivity contribution in [3.63, 3.8) is 0 Å². The van der Waals surface area contributed by atoms with Gasteiger partial charge in [-0.25, -0.2) is 9.36 Å². The van der Waals surface area contributed by atoms with Crippen LogP contribution in [0.5, 0.6) is 0 Å². The Balaban J connectivity index is 1.91. The van der Waals surface area contributed by atoms with Crippen LogP contribution in [-0.2, 0) is 13.2 Å². The van der Waals surface area contributed by atoms with Crippen LogP contribution >= 0.6 is 11.5 Å². The van der Waals surface area contributed by atoms with E-state index in [1.54, 1.807) is 36.5 Å². The van der Waals surface area contributed by atoms with Gasteiger partial charge in [-0.2, -0.15) is 22.8 Å². The summed E-state index contributed by atoms with van der Waals surface area (Å²) in [5, 5.41) is 10.1. The summed E-state index contributed by atoms with van der Waals surface area (Å²) in [6.45, 7) is 0. The van der Waals surface area contributed by atoms with Crippen molar-refractivity contribution >= 4 is 33.3 Å². The van der Waals surface area contributed by atoms with Gasteiger partial charge in [0, 0.05) is 24.7 Å². The van der Waals surface area contributed by atoms with Gasteiger partial charge in [-0.05, 0) is 47.9 Å². The topological polar surface area (TPSA) is 93.6 Å². The summed E-state index contributed by atoms with van der Waals surface area (Å²) in [6, 6.07) is 12.1. The Morgan fingerprint density at radius 2 is 1.97 bits per heavy atom. The minimum atomic E-state index is -4.85. The Kier molecular flexibility index (Phi) is 5.23. The first-order chi connectivity index (χ1) is 15.2. The van der Waals surface area contributed by atoms with Crippen LogP contribution in [-0.4, -0.2) is 18.5 Å². The standard InChI is InChI=1S/C21H12F3N5O2S/c1-28-17(21(22,23)24)10-18(30)29(20(28)31)14-5-6-16-15(9-14)19(27-32-16)12(11-25)8-13-4-2-3-7-26-13/h2-10H,1H3. The molecule has 0 aliphatic rings. The molecule has 0 spiro atoms. The van der Waals surface area contributed by atoms with Crippen LogP contribution in [0.4, 0.5) is 13.2 Å². The summed E-state index contributed by atoms with van der Waals surface area (Å²) in [7, 11) is 0.945. The zero-order chi connectivity index (χ0) is 23.0. The highest BCUT2D eigenvalue weighted by Gasteiger charge is 2.35. The third-order valence-electron chi connectivity index (χ3n) is 4.68. The number of nitriles is 1. The van der Waals surface area contributed by atoms with Gasteiger partial charge in [0.1, 0.15) is 17.5 Å². The van der Waals surface area contributed by atoms with Crippen molar-refractivity contribution in [3.05, 3.63) is 86.6 Å². The van der Waals surface area contributed by atoms with Crippen LogP contribution in [0.25, 0.3) is 27.4 Å². The van der Waals surface area contributed by atoms with E-state index in [2.05, 4.69) is 15.4 Å². The van der Waals surface area contributed by atoms with Crippen molar-refractivity contribution in [2.45, 2.75) is 6.18 Å². The van der Waals surface area contributed by atoms with Crippen molar-refractivity contribution in [2.75, 3.05) is 0 Å². The second-order valence-electron chi connectivity index (χ2n) is 6.68. The summed E-state index contributed by atoms with van der Waals surface area (Å²) in [5.74, 6) is 0. The monoisotopic (exact) mass is 455 g/mol. The molecule has 32 heavy (non-hydrogen) atoms. The normalized spacial score (nSPS) is 12.2. The minimum absolute atomic E-state index is 0.0633. The van der Waals surface area contributed by atoms with E-state index in [4.69, 9.17) is 0 Å². The lowest BCUT2D eigenvalue weighted by Gasteiger charge is -2.14. The highest BCUT2D eigenvalue weighted by molar-refractivity contribution is 7.13. The van der Waals surface area contributed by atoms with Gasteiger partial charge in [-0.3, -0.25) is 14.3 Å². The van der Waals surface area contributed by atoms with E-state index in [1.165, 1.54) is 12.1 Å². The molecule has 4 aromatic rings. The molecule has 0 radical (unpaired) electrons. The SMILES string of the molecule is Cn1c(C(F)(F)F)cc(=O)n(-c2ccc3snc(C(C#N)=Cc4ccccn4)c3c2)c1=O. The third-order valence-corrected chi connectivity index (χ3v) is 5.50. The Morgan fingerprint density at radius 3 is 2.62 bits per heavy atom. The molecular weight excluding hydrogens is 443 g/mol. The quantitative estimate of drug-likeness (QED) is 0.440. The third kappa shape index (κ3) is 3.72. The Hall–Kier alpha value is -4.04. The Morgan fingerprint density at radius 1 is 1.19 bits per heavy atom. The van der Waals surface area contributed by atoms with Crippen LogP contribution in [0, 0.1) is 11.3 Å². The van der Waals surface area contributed by atoms with E-state index >= 15 is 0 Å². The molecule has 0 atom stereocenters. The minimum Gasteiger partial charge on any atom is -0.292 e. The predicted octanol–water partition coefficient (Wildman–Crippen LogP) is 3.62. The van der Waals surface area contributed by atoms with Crippen molar-refractivity contribution in [3.8, 4) is 11.8 Å². The van der Waals surface area contributed by atoms with E-state index < -0.39 is 23.1 Å². The van der Waals surface area contributed by atoms with Gasteiger partial charge in [0.15, 0.2) is 0 Å². The summed E-state index contributed by atoms with van der Waals surface area (Å²) >= 11 is 1.11. The molecule has 0 unspecified atom stereocenters. The van der Waals surface area contributed by atoms with Gasteiger partial charge in [-0.1, -0.05) is 6.07 Å². The lowest BCUT2D eigenvalue weighted by atomic mass is 10.1. The van der Waals surface area contributed by atoms with Crippen LogP contribution in [0.2, 0.25) is 0 Å². The van der Waals surface area contributed by atoms with Crippen LogP contribution in [0.1, 0.15) is 17.1 Å². The number of nitrogens with zero attached hydrogens (tertiary/aromatic N) is 5. The number of allylic oxidation sites excluding steroid dienone is 1. The van der Waals surface area contributed by atoms with E-state index in [-0.39, 0.29) is 11.3 Å². The maximum atomic E-state index is 13.1. The predicted molar refractivity (Wildman–Crippen MR) is 113 cm³/mol. The molecule has 0 bridgehead atoms. The molecule has 4 rings (SSSR count). The molecule has 1 aromatic carbocycles. The van der Waals surface area contributed by atoms with Crippen molar-refractivity contribution in [2.24, 2.45) is 7.05 Å². The van der Waals surface area contributed by atoms with E-state index in [0.717, 1.165) is 18.6 Å². The number of rotatable bonds is 3. The number of halogens is 3. The zero-order valence-electron chi connectivity index (χ0n) is 16.3. The molecule has 3 heterocycles. The second kappa shape index (κ2) is 7.90. The fourth-order valence-corrected chi connectivity index (χ4v) is 3.93. The molecule has 3 aromatic heterocycles. The van der Waals surface area contributed by atoms with Crippen molar-refractivity contribution < 1.29 is 13.2 Å². The van der Waals surface area contributed by atoms with Crippen LogP contribution in [0.15, 0.2) is 58.3 Å². The molecule has 0 fully saturated rings. The van der Waals surface area contributed by atoms with Gasteiger partial charge in [0.05, 0.1) is 21.7 Å². The van der Waals surface area contributed by atoms with Crippen molar-refractivity contribution in [1.82, 2.24) is 18.5 Å². The van der Waals surface area contributed by atoms with E-state index in [1.807, 2.05) is 0 Å². The Labute approximate surface area is 182 Å². The maximum absolute atomic E-state index is 13.1. The first kappa shape index (κ1) is 21.2. The van der Waals surface area contributed by atoms with E-state index in [9.17, 15) is 28.0 Å². The molecule has 0 amide bonds. The number of alkyl halides is 3. The average Bonchev–Trinajstić information content (AvgIpc) is 3.18. The van der Waals surface area contributed by atoms with Gasteiger partial charge < -0.3 is 0 Å². The highest BCUT2D eigenvalue weighted by atomic mass is 32.1. The summed E-state index contributed by atoms with van der Waals surface area (Å²) < 4.78 is 45.3. The lowest BCUT2D eigenvalue weighted by Crippen LogP contribution is -2.40. The fourth-order valence-electron chi connectivity index (χ4n) is 3.16. The molecule has 0 saturated heterocycles. The number of hydrogen-bond acceptors (Lipinski definition) is 6. The summed E-state index contributed by atoms with van der Waals surface area (Å²) in [4.78, 5) is 29.2. The molecule has 0 saturated carbocycles. The lowest BCUT2D eigenvalue weighted by molar-refractivity contribution is -0.144. The van der Waals surface area contributed by atoms with Gasteiger partial charge in [-0.15, -0.1) is 0 Å². The molecule has 11 heteroatoms. The summed E-state index contributed by atoms with van der Waals surface area (Å²) in [5.41, 5.74) is -2.47. The molecule has 0 aliphatic heterocycles. The number of hydrogen-bond donors (Lipinski definition) is 0. The zero-order valence-corrected chi connectivity index (χ0v) is 17.1. The smallest absolute Gasteiger partial charge is 0.292 e. The molecule has 7 nitrogen and oxygen atoms in total. The van der Waals surface area contributed by atoms with Crippen molar-refractivity contribution in [1.29, 1.82) is 5.26 Å². The number of fused-ring (bicyclic) bond motifs is 1. The molecule has 160 valence electrons. The van der Waals surface area contributed by atoms with Gasteiger partial charge in [0.25, 0.3) is 5.56 Å². The van der Waals surface area contributed by atoms with Gasteiger partial charge in [0.2, 0.25) is 0 Å². The first-order valence-electron chi connectivity index (χ1n) is 9.04. The first-order valence-corrected chi connectivity index (χ1v) is 9.81. The maximum Gasteiger partial charge on any atom is 0.431 e. The molecule has 0 aliphatic carbocycles. The fraction of sp³-hybridized carbons (Fsp3) is 0.0952.